The van der Waals surface area contributed by atoms with Crippen molar-refractivity contribution in [2.75, 3.05) is 7.05 Å². The topological polar surface area (TPSA) is 97.4 Å². The molecule has 4 N–H and O–H groups in total. The molecule has 0 saturated carbocycles. The zero-order valence-corrected chi connectivity index (χ0v) is 16.3. The molecule has 3 rings (SSSR count). The van der Waals surface area contributed by atoms with Gasteiger partial charge >= 0.3 is 7.60 Å². The van der Waals surface area contributed by atoms with Gasteiger partial charge in [0.15, 0.2) is 5.78 Å². The summed E-state index contributed by atoms with van der Waals surface area (Å²) in [6, 6.07) is 24.8. The van der Waals surface area contributed by atoms with Crippen LogP contribution in [-0.4, -0.2) is 12.9 Å². The van der Waals surface area contributed by atoms with E-state index in [1.54, 1.807) is 79.8 Å². The average molecular weight is 395 g/mol. The fraction of sp³-hybridized carbons (Fsp3) is 0.0952. The molecule has 0 aliphatic rings. The van der Waals surface area contributed by atoms with Crippen LogP contribution in [-0.2, 0) is 4.57 Å². The standard InChI is InChI=1S/C21H22N3O3P/c1-24-21(17-14-12-16(13-15-17)20(22)23)28(25,26-18-8-4-2-5-9-18)27-19-10-6-3-7-11-19/h2-15,21,24H,1H3,(H3,22,23). The lowest BCUT2D eigenvalue weighted by Gasteiger charge is -2.27. The highest BCUT2D eigenvalue weighted by atomic mass is 31.2. The molecule has 3 aromatic carbocycles. The summed E-state index contributed by atoms with van der Waals surface area (Å²) in [7, 11) is -2.04. The molecule has 0 aromatic heterocycles. The van der Waals surface area contributed by atoms with Gasteiger partial charge in [0.25, 0.3) is 0 Å². The van der Waals surface area contributed by atoms with Crippen LogP contribution in [0.25, 0.3) is 0 Å². The summed E-state index contributed by atoms with van der Waals surface area (Å²) in [5.74, 6) is 0.135. The normalized spacial score (nSPS) is 12.2. The Morgan fingerprint density at radius 2 is 1.36 bits per heavy atom. The summed E-state index contributed by atoms with van der Waals surface area (Å²) < 4.78 is 25.7. The lowest BCUT2D eigenvalue weighted by atomic mass is 10.1. The van der Waals surface area contributed by atoms with Gasteiger partial charge < -0.3 is 20.1 Å². The summed E-state index contributed by atoms with van der Waals surface area (Å²) in [5.41, 5.74) is 6.81. The van der Waals surface area contributed by atoms with Gasteiger partial charge in [-0.05, 0) is 36.9 Å². The van der Waals surface area contributed by atoms with Gasteiger partial charge in [-0.2, -0.15) is 0 Å². The van der Waals surface area contributed by atoms with Crippen molar-refractivity contribution in [1.29, 1.82) is 5.41 Å². The summed E-state index contributed by atoms with van der Waals surface area (Å²) in [6.07, 6.45) is 0. The molecule has 0 aliphatic heterocycles. The maximum atomic E-state index is 13.9. The van der Waals surface area contributed by atoms with Gasteiger partial charge in [-0.3, -0.25) is 5.41 Å². The molecule has 144 valence electrons. The molecule has 0 bridgehead atoms. The van der Waals surface area contributed by atoms with Crippen molar-refractivity contribution >= 4 is 13.4 Å². The van der Waals surface area contributed by atoms with E-state index in [1.807, 2.05) is 12.1 Å². The molecule has 28 heavy (non-hydrogen) atoms. The second-order valence-corrected chi connectivity index (χ2v) is 8.04. The predicted molar refractivity (Wildman–Crippen MR) is 111 cm³/mol. The number of nitrogens with one attached hydrogen (secondary N) is 2. The number of para-hydroxylation sites is 2. The van der Waals surface area contributed by atoms with Crippen molar-refractivity contribution in [3.63, 3.8) is 0 Å². The monoisotopic (exact) mass is 395 g/mol. The Morgan fingerprint density at radius 1 is 0.893 bits per heavy atom. The third-order valence-corrected chi connectivity index (χ3v) is 6.20. The van der Waals surface area contributed by atoms with Crippen LogP contribution in [0.1, 0.15) is 16.9 Å². The highest BCUT2D eigenvalue weighted by Gasteiger charge is 2.39. The molecule has 0 heterocycles. The molecule has 6 nitrogen and oxygen atoms in total. The Bertz CT molecular complexity index is 918. The van der Waals surface area contributed by atoms with E-state index in [2.05, 4.69) is 5.32 Å². The van der Waals surface area contributed by atoms with Crippen LogP contribution in [0.3, 0.4) is 0 Å². The Balaban J connectivity index is 1.99. The van der Waals surface area contributed by atoms with E-state index in [0.29, 0.717) is 22.6 Å². The minimum absolute atomic E-state index is 0.0307. The summed E-state index contributed by atoms with van der Waals surface area (Å²) in [5, 5.41) is 10.6. The van der Waals surface area contributed by atoms with E-state index in [0.717, 1.165) is 0 Å². The molecular formula is C21H22N3O3P. The highest BCUT2D eigenvalue weighted by molar-refractivity contribution is 7.55. The first kappa shape index (κ1) is 19.7. The lowest BCUT2D eigenvalue weighted by Crippen LogP contribution is -2.22. The molecule has 0 aliphatic carbocycles. The second kappa shape index (κ2) is 8.74. The van der Waals surface area contributed by atoms with Gasteiger partial charge in [0.1, 0.15) is 17.3 Å². The molecule has 0 saturated heterocycles. The van der Waals surface area contributed by atoms with Crippen molar-refractivity contribution in [3.8, 4) is 11.5 Å². The van der Waals surface area contributed by atoms with E-state index in [4.69, 9.17) is 20.2 Å². The molecule has 7 heteroatoms. The van der Waals surface area contributed by atoms with Crippen molar-refractivity contribution in [3.05, 3.63) is 96.1 Å². The zero-order chi connectivity index (χ0) is 20.0. The average Bonchev–Trinajstić information content (AvgIpc) is 2.70. The van der Waals surface area contributed by atoms with Gasteiger partial charge in [-0.25, -0.2) is 4.57 Å². The van der Waals surface area contributed by atoms with Gasteiger partial charge in [-0.1, -0.05) is 60.7 Å². The van der Waals surface area contributed by atoms with Crippen molar-refractivity contribution in [2.45, 2.75) is 5.78 Å². The number of rotatable bonds is 8. The van der Waals surface area contributed by atoms with Crippen LogP contribution >= 0.6 is 7.60 Å². The first-order valence-electron chi connectivity index (χ1n) is 8.72. The highest BCUT2D eigenvalue weighted by Crippen LogP contribution is 2.58. The van der Waals surface area contributed by atoms with E-state index in [9.17, 15) is 4.57 Å². The molecule has 0 fully saturated rings. The van der Waals surface area contributed by atoms with Gasteiger partial charge in [0.2, 0.25) is 0 Å². The zero-order valence-electron chi connectivity index (χ0n) is 15.4. The Hall–Kier alpha value is -3.08. The van der Waals surface area contributed by atoms with E-state index in [-0.39, 0.29) is 5.84 Å². The Morgan fingerprint density at radius 3 is 1.75 bits per heavy atom. The van der Waals surface area contributed by atoms with E-state index < -0.39 is 13.4 Å². The third kappa shape index (κ3) is 4.60. The van der Waals surface area contributed by atoms with Crippen LogP contribution in [0, 0.1) is 5.41 Å². The van der Waals surface area contributed by atoms with Gasteiger partial charge in [0.05, 0.1) is 0 Å². The van der Waals surface area contributed by atoms with Crippen LogP contribution in [0.4, 0.5) is 0 Å². The number of amidine groups is 1. The maximum Gasteiger partial charge on any atom is 0.452 e. The molecule has 1 unspecified atom stereocenters. The molecule has 0 amide bonds. The maximum absolute atomic E-state index is 13.9. The quantitative estimate of drug-likeness (QED) is 0.296. The first-order chi connectivity index (χ1) is 13.5. The number of hydrogen-bond donors (Lipinski definition) is 3. The molecule has 0 spiro atoms. The van der Waals surface area contributed by atoms with Crippen molar-refractivity contribution in [1.82, 2.24) is 5.32 Å². The largest absolute Gasteiger partial charge is 0.452 e. The van der Waals surface area contributed by atoms with Crippen LogP contribution in [0.15, 0.2) is 84.9 Å². The molecular weight excluding hydrogens is 373 g/mol. The summed E-state index contributed by atoms with van der Waals surface area (Å²) in [4.78, 5) is 0. The van der Waals surface area contributed by atoms with Crippen molar-refractivity contribution < 1.29 is 13.6 Å². The minimum Gasteiger partial charge on any atom is -0.415 e. The Labute approximate surface area is 164 Å². The number of nitrogens with two attached hydrogens (primary N) is 1. The van der Waals surface area contributed by atoms with Crippen molar-refractivity contribution in [2.24, 2.45) is 5.73 Å². The second-order valence-electron chi connectivity index (χ2n) is 6.08. The fourth-order valence-corrected chi connectivity index (χ4v) is 4.67. The SMILES string of the molecule is CNC(c1ccc(C(=N)N)cc1)P(=O)(Oc1ccccc1)Oc1ccccc1. The third-order valence-electron chi connectivity index (χ3n) is 4.08. The fourth-order valence-electron chi connectivity index (χ4n) is 2.73. The number of benzene rings is 3. The lowest BCUT2D eigenvalue weighted by molar-refractivity contribution is 0.365. The molecule has 1 atom stereocenters. The minimum atomic E-state index is -3.73. The summed E-state index contributed by atoms with van der Waals surface area (Å²) >= 11 is 0. The van der Waals surface area contributed by atoms with Crippen LogP contribution in [0.5, 0.6) is 11.5 Å². The Kier molecular flexibility index (Phi) is 6.14. The van der Waals surface area contributed by atoms with Crippen LogP contribution < -0.4 is 20.1 Å². The van der Waals surface area contributed by atoms with Gasteiger partial charge in [-0.15, -0.1) is 0 Å². The van der Waals surface area contributed by atoms with E-state index >= 15 is 0 Å². The van der Waals surface area contributed by atoms with E-state index in [1.165, 1.54) is 0 Å². The summed E-state index contributed by atoms with van der Waals surface area (Å²) in [6.45, 7) is 0. The molecule has 3 aromatic rings. The smallest absolute Gasteiger partial charge is 0.415 e. The van der Waals surface area contributed by atoms with Gasteiger partial charge in [0, 0.05) is 5.56 Å². The number of hydrogen-bond acceptors (Lipinski definition) is 5. The van der Waals surface area contributed by atoms with Crippen LogP contribution in [0.2, 0.25) is 0 Å². The number of nitrogen functional groups attached to an aromatic ring is 1. The predicted octanol–water partition coefficient (Wildman–Crippen LogP) is 4.54. The molecule has 0 radical (unpaired) electrons. The first-order valence-corrected chi connectivity index (χ1v) is 10.3.